The number of amides is 2. The fraction of sp³-hybridized carbons (Fsp3) is 0.379. The topological polar surface area (TPSA) is 108 Å². The van der Waals surface area contributed by atoms with Gasteiger partial charge in [-0.1, -0.05) is 54.8 Å². The van der Waals surface area contributed by atoms with Crippen LogP contribution in [0.1, 0.15) is 44.1 Å². The van der Waals surface area contributed by atoms with E-state index in [1.165, 1.54) is 19.8 Å². The zero-order chi connectivity index (χ0) is 26.7. The van der Waals surface area contributed by atoms with Crippen LogP contribution >= 0.6 is 11.6 Å². The minimum absolute atomic E-state index is 0.0785. The van der Waals surface area contributed by atoms with Crippen molar-refractivity contribution in [1.82, 2.24) is 20.6 Å². The summed E-state index contributed by atoms with van der Waals surface area (Å²) in [6.45, 7) is 3.48. The molecule has 1 atom stereocenters. The van der Waals surface area contributed by atoms with Crippen molar-refractivity contribution in [3.05, 3.63) is 71.2 Å². The smallest absolute Gasteiger partial charge is 0.227 e. The van der Waals surface area contributed by atoms with E-state index < -0.39 is 0 Å². The van der Waals surface area contributed by atoms with Gasteiger partial charge in [0.05, 0.1) is 5.92 Å². The molecule has 1 unspecified atom stereocenters. The van der Waals surface area contributed by atoms with E-state index in [9.17, 15) is 9.59 Å². The second-order valence-electron chi connectivity index (χ2n) is 9.53. The number of hydrogen-bond acceptors (Lipinski definition) is 6. The van der Waals surface area contributed by atoms with Gasteiger partial charge in [-0.15, -0.1) is 0 Å². The number of hydrogen-bond donors (Lipinski definition) is 4. The third kappa shape index (κ3) is 7.92. The van der Waals surface area contributed by atoms with E-state index in [1.807, 2.05) is 36.4 Å². The first kappa shape index (κ1) is 27.4. The molecule has 2 aromatic carbocycles. The molecule has 8 nitrogen and oxygen atoms in total. The Morgan fingerprint density at radius 1 is 0.868 bits per heavy atom. The lowest BCUT2D eigenvalue weighted by molar-refractivity contribution is -0.123. The van der Waals surface area contributed by atoms with E-state index >= 15 is 0 Å². The molecule has 0 bridgehead atoms. The lowest BCUT2D eigenvalue weighted by Gasteiger charge is -2.23. The maximum Gasteiger partial charge on any atom is 0.227 e. The van der Waals surface area contributed by atoms with Gasteiger partial charge in [0.2, 0.25) is 11.8 Å². The maximum atomic E-state index is 13.2. The van der Waals surface area contributed by atoms with E-state index in [0.29, 0.717) is 54.6 Å². The van der Waals surface area contributed by atoms with Gasteiger partial charge in [0.1, 0.15) is 11.6 Å². The Hall–Kier alpha value is -3.65. The number of carbonyl (C=O) groups excluding carboxylic acids is 2. The summed E-state index contributed by atoms with van der Waals surface area (Å²) in [7, 11) is 0. The number of benzene rings is 2. The molecule has 1 aliphatic carbocycles. The molecule has 1 aromatic heterocycles. The normalized spacial score (nSPS) is 14.1. The summed E-state index contributed by atoms with van der Waals surface area (Å²) >= 11 is 6.05. The Morgan fingerprint density at radius 2 is 1.47 bits per heavy atom. The number of nitrogens with zero attached hydrogens (tertiary/aromatic N) is 2. The monoisotopic (exact) mass is 534 g/mol. The molecule has 9 heteroatoms. The summed E-state index contributed by atoms with van der Waals surface area (Å²) in [5.41, 5.74) is 1.92. The molecule has 0 spiro atoms. The van der Waals surface area contributed by atoms with Crippen molar-refractivity contribution in [3.8, 4) is 11.4 Å². The van der Waals surface area contributed by atoms with Crippen LogP contribution in [0.5, 0.6) is 0 Å². The molecule has 3 aromatic rings. The lowest BCUT2D eigenvalue weighted by atomic mass is 9.84. The molecule has 2 amide bonds. The molecule has 0 saturated heterocycles. The second-order valence-corrected chi connectivity index (χ2v) is 9.97. The molecular formula is C29H35ClN6O2. The Bertz CT molecular complexity index is 1200. The second kappa shape index (κ2) is 13.8. The van der Waals surface area contributed by atoms with Crippen molar-refractivity contribution in [1.29, 1.82) is 0 Å². The van der Waals surface area contributed by atoms with Crippen LogP contribution in [0.25, 0.3) is 11.4 Å². The van der Waals surface area contributed by atoms with E-state index in [1.54, 1.807) is 12.1 Å². The first-order valence-corrected chi connectivity index (χ1v) is 13.6. The molecule has 200 valence electrons. The van der Waals surface area contributed by atoms with Gasteiger partial charge in [-0.3, -0.25) is 9.59 Å². The van der Waals surface area contributed by atoms with Crippen LogP contribution in [0.15, 0.2) is 60.7 Å². The predicted octanol–water partition coefficient (Wildman–Crippen LogP) is 4.85. The number of nitrogens with one attached hydrogen (secondary N) is 4. The highest BCUT2D eigenvalue weighted by atomic mass is 35.5. The summed E-state index contributed by atoms with van der Waals surface area (Å²) in [4.78, 5) is 33.7. The fourth-order valence-corrected chi connectivity index (χ4v) is 4.99. The number of anilines is 2. The minimum atomic E-state index is -0.117. The van der Waals surface area contributed by atoms with Gasteiger partial charge in [0.15, 0.2) is 5.82 Å². The predicted molar refractivity (Wildman–Crippen MR) is 152 cm³/mol. The molecule has 1 aliphatic rings. The zero-order valence-electron chi connectivity index (χ0n) is 21.7. The molecule has 4 rings (SSSR count). The Balaban J connectivity index is 1.39. The molecular weight excluding hydrogens is 500 g/mol. The highest BCUT2D eigenvalue weighted by Gasteiger charge is 2.31. The molecule has 0 aliphatic heterocycles. The first-order valence-electron chi connectivity index (χ1n) is 13.2. The summed E-state index contributed by atoms with van der Waals surface area (Å²) < 4.78 is 0. The van der Waals surface area contributed by atoms with Crippen molar-refractivity contribution in [2.75, 3.05) is 36.8 Å². The summed E-state index contributed by atoms with van der Waals surface area (Å²) in [6, 6.07) is 19.3. The third-order valence-corrected chi connectivity index (χ3v) is 6.93. The van der Waals surface area contributed by atoms with E-state index in [0.717, 1.165) is 24.0 Å². The van der Waals surface area contributed by atoms with Gasteiger partial charge in [-0.25, -0.2) is 9.97 Å². The van der Waals surface area contributed by atoms with Crippen LogP contribution in [-0.2, 0) is 9.59 Å². The minimum Gasteiger partial charge on any atom is -0.368 e. The van der Waals surface area contributed by atoms with E-state index in [4.69, 9.17) is 11.6 Å². The molecule has 1 fully saturated rings. The van der Waals surface area contributed by atoms with Gasteiger partial charge < -0.3 is 21.3 Å². The van der Waals surface area contributed by atoms with Crippen molar-refractivity contribution in [3.63, 3.8) is 0 Å². The number of halogens is 1. The van der Waals surface area contributed by atoms with Gasteiger partial charge >= 0.3 is 0 Å². The van der Waals surface area contributed by atoms with Crippen LogP contribution in [-0.4, -0.2) is 48.0 Å². The van der Waals surface area contributed by atoms with Crippen LogP contribution in [0.4, 0.5) is 11.6 Å². The van der Waals surface area contributed by atoms with Crippen molar-refractivity contribution in [2.45, 2.75) is 38.5 Å². The fourth-order valence-electron chi connectivity index (χ4n) is 4.86. The van der Waals surface area contributed by atoms with Gasteiger partial charge in [0, 0.05) is 49.8 Å². The quantitative estimate of drug-likeness (QED) is 0.247. The largest absolute Gasteiger partial charge is 0.368 e. The Labute approximate surface area is 229 Å². The van der Waals surface area contributed by atoms with Crippen LogP contribution < -0.4 is 21.3 Å². The van der Waals surface area contributed by atoms with Gasteiger partial charge in [-0.2, -0.15) is 0 Å². The number of carbonyl (C=O) groups is 2. The highest BCUT2D eigenvalue weighted by molar-refractivity contribution is 6.30. The summed E-state index contributed by atoms with van der Waals surface area (Å²) in [6.07, 6.45) is 4.57. The summed E-state index contributed by atoms with van der Waals surface area (Å²) in [5.74, 6) is 2.08. The lowest BCUT2D eigenvalue weighted by Crippen LogP contribution is -2.35. The number of rotatable bonds is 12. The standard InChI is InChI=1S/C29H35ClN6O2/c1-20(37)31-15-16-32-25-19-26(36-28(35-25)23-11-13-24(30)14-12-23)33-17-18-34-29(38)27(22-9-5-6-10-22)21-7-3-2-4-8-21/h2-4,7-8,11-14,19,22,27H,5-6,9-10,15-18H2,1H3,(H,31,37)(H,34,38)(H2,32,33,35,36). The molecule has 4 N–H and O–H groups in total. The van der Waals surface area contributed by atoms with Crippen LogP contribution in [0.3, 0.4) is 0 Å². The number of aromatic nitrogens is 2. The highest BCUT2D eigenvalue weighted by Crippen LogP contribution is 2.37. The Morgan fingerprint density at radius 3 is 2.08 bits per heavy atom. The molecule has 1 heterocycles. The molecule has 0 radical (unpaired) electrons. The molecule has 38 heavy (non-hydrogen) atoms. The first-order chi connectivity index (χ1) is 18.5. The van der Waals surface area contributed by atoms with Crippen LogP contribution in [0.2, 0.25) is 5.02 Å². The maximum absolute atomic E-state index is 13.2. The van der Waals surface area contributed by atoms with Gasteiger partial charge in [-0.05, 0) is 48.6 Å². The third-order valence-electron chi connectivity index (χ3n) is 6.68. The van der Waals surface area contributed by atoms with Crippen molar-refractivity contribution < 1.29 is 9.59 Å². The summed E-state index contributed by atoms with van der Waals surface area (Å²) in [5, 5.41) is 13.1. The van der Waals surface area contributed by atoms with Crippen LogP contribution in [0, 0.1) is 5.92 Å². The van der Waals surface area contributed by atoms with Gasteiger partial charge in [0.25, 0.3) is 0 Å². The van der Waals surface area contributed by atoms with E-state index in [-0.39, 0.29) is 17.7 Å². The average molecular weight is 535 g/mol. The SMILES string of the molecule is CC(=O)NCCNc1cc(NCCNC(=O)C(c2ccccc2)C2CCCC2)nc(-c2ccc(Cl)cc2)n1. The average Bonchev–Trinajstić information content (AvgIpc) is 3.44. The van der Waals surface area contributed by atoms with Crippen molar-refractivity contribution in [2.24, 2.45) is 5.92 Å². The zero-order valence-corrected chi connectivity index (χ0v) is 22.4. The van der Waals surface area contributed by atoms with E-state index in [2.05, 4.69) is 43.4 Å². The van der Waals surface area contributed by atoms with Crippen molar-refractivity contribution >= 4 is 35.1 Å². The molecule has 1 saturated carbocycles. The Kier molecular flexibility index (Phi) is 9.92.